The molecule has 0 spiro atoms. The SMILES string of the molecule is O=C(NCc1ccc(Cn2ccnc2)cc1)c1ccc(Cn2ccccc2=O)o1. The molecule has 146 valence electrons. The number of nitrogens with zero attached hydrogens (tertiary/aromatic N) is 3. The van der Waals surface area contributed by atoms with Gasteiger partial charge in [0, 0.05) is 37.7 Å². The molecule has 29 heavy (non-hydrogen) atoms. The van der Waals surface area contributed by atoms with Gasteiger partial charge >= 0.3 is 0 Å². The van der Waals surface area contributed by atoms with Crippen LogP contribution in [0.25, 0.3) is 0 Å². The van der Waals surface area contributed by atoms with Crippen LogP contribution >= 0.6 is 0 Å². The van der Waals surface area contributed by atoms with Crippen molar-refractivity contribution in [3.05, 3.63) is 113 Å². The van der Waals surface area contributed by atoms with Gasteiger partial charge < -0.3 is 18.9 Å². The minimum atomic E-state index is -0.292. The Morgan fingerprint density at radius 2 is 1.79 bits per heavy atom. The van der Waals surface area contributed by atoms with Gasteiger partial charge in [0.1, 0.15) is 5.76 Å². The first kappa shape index (κ1) is 18.5. The molecule has 7 heteroatoms. The average molecular weight is 388 g/mol. The van der Waals surface area contributed by atoms with Crippen LogP contribution in [0.15, 0.2) is 88.7 Å². The number of hydrogen-bond acceptors (Lipinski definition) is 4. The largest absolute Gasteiger partial charge is 0.454 e. The van der Waals surface area contributed by atoms with E-state index in [1.54, 1.807) is 43.0 Å². The van der Waals surface area contributed by atoms with Crippen molar-refractivity contribution in [1.29, 1.82) is 0 Å². The lowest BCUT2D eigenvalue weighted by molar-refractivity contribution is 0.0921. The van der Waals surface area contributed by atoms with Crippen molar-refractivity contribution in [2.45, 2.75) is 19.6 Å². The highest BCUT2D eigenvalue weighted by atomic mass is 16.4. The number of benzene rings is 1. The lowest BCUT2D eigenvalue weighted by atomic mass is 10.1. The lowest BCUT2D eigenvalue weighted by Crippen LogP contribution is -2.22. The third kappa shape index (κ3) is 4.70. The van der Waals surface area contributed by atoms with Crippen LogP contribution < -0.4 is 10.9 Å². The molecule has 0 bridgehead atoms. The molecule has 3 heterocycles. The monoisotopic (exact) mass is 388 g/mol. The zero-order valence-electron chi connectivity index (χ0n) is 15.7. The smallest absolute Gasteiger partial charge is 0.287 e. The van der Waals surface area contributed by atoms with E-state index in [0.717, 1.165) is 17.7 Å². The van der Waals surface area contributed by atoms with Crippen LogP contribution in [0.1, 0.15) is 27.4 Å². The quantitative estimate of drug-likeness (QED) is 0.528. The van der Waals surface area contributed by atoms with Crippen LogP contribution in [0.4, 0.5) is 0 Å². The van der Waals surface area contributed by atoms with Gasteiger partial charge in [-0.1, -0.05) is 30.3 Å². The number of pyridine rings is 1. The molecule has 0 aliphatic carbocycles. The van der Waals surface area contributed by atoms with Crippen molar-refractivity contribution in [3.63, 3.8) is 0 Å². The Hall–Kier alpha value is -3.87. The number of carbonyl (C=O) groups excluding carboxylic acids is 1. The predicted octanol–water partition coefficient (Wildman–Crippen LogP) is 2.66. The average Bonchev–Trinajstić information content (AvgIpc) is 3.41. The summed E-state index contributed by atoms with van der Waals surface area (Å²) in [5, 5.41) is 2.85. The summed E-state index contributed by atoms with van der Waals surface area (Å²) in [5.41, 5.74) is 2.03. The van der Waals surface area contributed by atoms with Gasteiger partial charge in [0.15, 0.2) is 5.76 Å². The van der Waals surface area contributed by atoms with E-state index in [-0.39, 0.29) is 23.8 Å². The summed E-state index contributed by atoms with van der Waals surface area (Å²) in [7, 11) is 0. The zero-order chi connectivity index (χ0) is 20.1. The zero-order valence-corrected chi connectivity index (χ0v) is 15.7. The second-order valence-corrected chi connectivity index (χ2v) is 6.67. The number of carbonyl (C=O) groups is 1. The highest BCUT2D eigenvalue weighted by molar-refractivity contribution is 5.91. The molecule has 4 aromatic rings. The third-order valence-electron chi connectivity index (χ3n) is 4.51. The van der Waals surface area contributed by atoms with Gasteiger partial charge in [0.2, 0.25) is 0 Å². The Kier molecular flexibility index (Phi) is 5.38. The lowest BCUT2D eigenvalue weighted by Gasteiger charge is -2.06. The number of amides is 1. The van der Waals surface area contributed by atoms with Crippen LogP contribution in [0.5, 0.6) is 0 Å². The molecule has 0 unspecified atom stereocenters. The summed E-state index contributed by atoms with van der Waals surface area (Å²) in [4.78, 5) is 28.2. The molecule has 4 rings (SSSR count). The van der Waals surface area contributed by atoms with E-state index in [1.807, 2.05) is 35.0 Å². The van der Waals surface area contributed by atoms with Gasteiger partial charge in [-0.25, -0.2) is 4.98 Å². The summed E-state index contributed by atoms with van der Waals surface area (Å²) in [6.45, 7) is 1.44. The van der Waals surface area contributed by atoms with Gasteiger partial charge in [-0.15, -0.1) is 0 Å². The van der Waals surface area contributed by atoms with E-state index in [4.69, 9.17) is 4.42 Å². The van der Waals surface area contributed by atoms with Crippen LogP contribution in [-0.2, 0) is 19.6 Å². The molecule has 0 saturated heterocycles. The molecular weight excluding hydrogens is 368 g/mol. The Morgan fingerprint density at radius 1 is 0.966 bits per heavy atom. The second-order valence-electron chi connectivity index (χ2n) is 6.67. The molecule has 1 aromatic carbocycles. The van der Waals surface area contributed by atoms with E-state index in [9.17, 15) is 9.59 Å². The number of hydrogen-bond donors (Lipinski definition) is 1. The van der Waals surface area contributed by atoms with E-state index < -0.39 is 0 Å². The molecule has 0 aliphatic heterocycles. The van der Waals surface area contributed by atoms with Gasteiger partial charge in [-0.05, 0) is 29.3 Å². The van der Waals surface area contributed by atoms with E-state index >= 15 is 0 Å². The number of nitrogens with one attached hydrogen (secondary N) is 1. The standard InChI is InChI=1S/C22H20N4O3/c27-21-3-1-2-11-26(21)15-19-8-9-20(29-19)22(28)24-13-17-4-6-18(7-5-17)14-25-12-10-23-16-25/h1-12,16H,13-15H2,(H,24,28). The van der Waals surface area contributed by atoms with Crippen LogP contribution in [0.3, 0.4) is 0 Å². The molecule has 0 saturated carbocycles. The van der Waals surface area contributed by atoms with Crippen molar-refractivity contribution in [2.24, 2.45) is 0 Å². The fourth-order valence-electron chi connectivity index (χ4n) is 2.97. The van der Waals surface area contributed by atoms with Gasteiger partial charge in [0.05, 0.1) is 12.9 Å². The predicted molar refractivity (Wildman–Crippen MR) is 107 cm³/mol. The summed E-state index contributed by atoms with van der Waals surface area (Å²) in [5.74, 6) is 0.479. The van der Waals surface area contributed by atoms with E-state index in [2.05, 4.69) is 10.3 Å². The van der Waals surface area contributed by atoms with Gasteiger partial charge in [-0.2, -0.15) is 0 Å². The molecule has 1 amide bonds. The maximum absolute atomic E-state index is 12.3. The van der Waals surface area contributed by atoms with E-state index in [0.29, 0.717) is 12.3 Å². The van der Waals surface area contributed by atoms with Crippen LogP contribution in [0.2, 0.25) is 0 Å². The van der Waals surface area contributed by atoms with Crippen molar-refractivity contribution in [3.8, 4) is 0 Å². The first-order chi connectivity index (χ1) is 14.2. The Balaban J connectivity index is 1.32. The first-order valence-electron chi connectivity index (χ1n) is 9.23. The molecule has 0 fully saturated rings. The number of rotatable bonds is 7. The fourth-order valence-corrected chi connectivity index (χ4v) is 2.97. The fraction of sp³-hybridized carbons (Fsp3) is 0.136. The van der Waals surface area contributed by atoms with Crippen molar-refractivity contribution < 1.29 is 9.21 Å². The van der Waals surface area contributed by atoms with Gasteiger partial charge in [0.25, 0.3) is 11.5 Å². The number of imidazole rings is 1. The molecule has 7 nitrogen and oxygen atoms in total. The third-order valence-corrected chi connectivity index (χ3v) is 4.51. The molecule has 3 aromatic heterocycles. The van der Waals surface area contributed by atoms with Crippen molar-refractivity contribution in [2.75, 3.05) is 0 Å². The normalized spacial score (nSPS) is 10.8. The van der Waals surface area contributed by atoms with Crippen LogP contribution in [0, 0.1) is 0 Å². The molecule has 0 radical (unpaired) electrons. The summed E-state index contributed by atoms with van der Waals surface area (Å²) in [6, 6.07) is 16.3. The first-order valence-corrected chi connectivity index (χ1v) is 9.23. The molecule has 1 N–H and O–H groups in total. The molecule has 0 atom stereocenters. The second kappa shape index (κ2) is 8.43. The minimum absolute atomic E-state index is 0.119. The summed E-state index contributed by atoms with van der Waals surface area (Å²) in [6.07, 6.45) is 7.13. The maximum Gasteiger partial charge on any atom is 0.287 e. The molecular formula is C22H20N4O3. The minimum Gasteiger partial charge on any atom is -0.454 e. The maximum atomic E-state index is 12.3. The number of furan rings is 1. The Morgan fingerprint density at radius 3 is 2.55 bits per heavy atom. The van der Waals surface area contributed by atoms with Crippen molar-refractivity contribution in [1.82, 2.24) is 19.4 Å². The van der Waals surface area contributed by atoms with Crippen LogP contribution in [-0.4, -0.2) is 20.0 Å². The Bertz CT molecular complexity index is 1140. The topological polar surface area (TPSA) is 82.1 Å². The number of aromatic nitrogens is 3. The van der Waals surface area contributed by atoms with E-state index in [1.165, 1.54) is 10.6 Å². The summed E-state index contributed by atoms with van der Waals surface area (Å²) >= 11 is 0. The highest BCUT2D eigenvalue weighted by Gasteiger charge is 2.11. The molecule has 0 aliphatic rings. The van der Waals surface area contributed by atoms with Gasteiger partial charge in [-0.3, -0.25) is 9.59 Å². The highest BCUT2D eigenvalue weighted by Crippen LogP contribution is 2.10. The Labute approximate surface area is 167 Å². The summed E-state index contributed by atoms with van der Waals surface area (Å²) < 4.78 is 9.10. The van der Waals surface area contributed by atoms with Crippen molar-refractivity contribution >= 4 is 5.91 Å².